The molecular formula is C30H35N3O7S. The zero-order chi connectivity index (χ0) is 29.6. The lowest BCUT2D eigenvalue weighted by Gasteiger charge is -2.32. The molecule has 2 amide bonds. The van der Waals surface area contributed by atoms with Crippen LogP contribution in [0, 0.1) is 0 Å². The predicted molar refractivity (Wildman–Crippen MR) is 155 cm³/mol. The second kappa shape index (κ2) is 12.9. The van der Waals surface area contributed by atoms with E-state index in [9.17, 15) is 18.0 Å². The average Bonchev–Trinajstić information content (AvgIpc) is 2.98. The number of amides is 2. The minimum atomic E-state index is -4.18. The summed E-state index contributed by atoms with van der Waals surface area (Å²) in [5.41, 5.74) is 0.982. The molecule has 1 aliphatic heterocycles. The minimum absolute atomic E-state index is 0.0231. The summed E-state index contributed by atoms with van der Waals surface area (Å²) in [5, 5.41) is 2.84. The topological polar surface area (TPSA) is 114 Å². The van der Waals surface area contributed by atoms with Crippen molar-refractivity contribution in [1.82, 2.24) is 10.2 Å². The van der Waals surface area contributed by atoms with Gasteiger partial charge in [0.05, 0.1) is 17.7 Å². The summed E-state index contributed by atoms with van der Waals surface area (Å²) >= 11 is 0. The quantitative estimate of drug-likeness (QED) is 0.368. The first-order valence-corrected chi connectivity index (χ1v) is 14.7. The first-order chi connectivity index (χ1) is 19.6. The van der Waals surface area contributed by atoms with Gasteiger partial charge in [0.15, 0.2) is 11.5 Å². The molecule has 0 aliphatic carbocycles. The fourth-order valence-electron chi connectivity index (χ4n) is 4.35. The van der Waals surface area contributed by atoms with Crippen LogP contribution in [0.25, 0.3) is 0 Å². The van der Waals surface area contributed by atoms with Crippen LogP contribution >= 0.6 is 0 Å². The second-order valence-electron chi connectivity index (χ2n) is 9.86. The molecule has 4 rings (SSSR count). The fourth-order valence-corrected chi connectivity index (χ4v) is 5.78. The summed E-state index contributed by atoms with van der Waals surface area (Å²) in [6, 6.07) is 18.7. The molecule has 1 heterocycles. The number of nitrogens with one attached hydrogen (secondary N) is 1. The third-order valence-electron chi connectivity index (χ3n) is 6.53. The molecule has 3 aromatic carbocycles. The maximum atomic E-state index is 14.0. The molecule has 11 heteroatoms. The molecule has 10 nitrogen and oxygen atoms in total. The average molecular weight is 582 g/mol. The highest BCUT2D eigenvalue weighted by atomic mass is 32.2. The first-order valence-electron chi connectivity index (χ1n) is 13.3. The molecule has 0 aromatic heterocycles. The second-order valence-corrected chi connectivity index (χ2v) is 11.7. The van der Waals surface area contributed by atoms with E-state index in [1.54, 1.807) is 74.7 Å². The monoisotopic (exact) mass is 581 g/mol. The van der Waals surface area contributed by atoms with E-state index in [1.165, 1.54) is 17.0 Å². The minimum Gasteiger partial charge on any atom is -0.497 e. The van der Waals surface area contributed by atoms with Gasteiger partial charge in [0.1, 0.15) is 31.5 Å². The van der Waals surface area contributed by atoms with E-state index in [0.717, 1.165) is 9.87 Å². The number of nitrogens with zero attached hydrogens (tertiary/aromatic N) is 2. The van der Waals surface area contributed by atoms with Gasteiger partial charge in [-0.15, -0.1) is 0 Å². The smallest absolute Gasteiger partial charge is 0.264 e. The van der Waals surface area contributed by atoms with Crippen LogP contribution in [0.4, 0.5) is 5.69 Å². The Hall–Kier alpha value is -4.25. The van der Waals surface area contributed by atoms with Crippen molar-refractivity contribution in [2.45, 2.75) is 44.3 Å². The standard InChI is InChI=1S/C30H35N3O7S/c1-21(2)31-30(35)22(3)32(19-23-10-13-25(38-4)14-11-23)29(34)20-33(41(36,37)26-8-6-5-7-9-26)24-12-15-27-28(18-24)40-17-16-39-27/h5-15,18,21-22H,16-17,19-20H2,1-4H3,(H,31,35)/t22-/m1/s1. The lowest BCUT2D eigenvalue weighted by molar-refractivity contribution is -0.139. The number of fused-ring (bicyclic) bond motifs is 1. The van der Waals surface area contributed by atoms with Crippen molar-refractivity contribution in [2.24, 2.45) is 0 Å². The summed E-state index contributed by atoms with van der Waals surface area (Å²) in [4.78, 5) is 28.5. The van der Waals surface area contributed by atoms with Crippen LogP contribution < -0.4 is 23.8 Å². The zero-order valence-corrected chi connectivity index (χ0v) is 24.4. The number of carbonyl (C=O) groups is 2. The fraction of sp³-hybridized carbons (Fsp3) is 0.333. The Bertz CT molecular complexity index is 1460. The van der Waals surface area contributed by atoms with Crippen LogP contribution in [0.2, 0.25) is 0 Å². The van der Waals surface area contributed by atoms with E-state index >= 15 is 0 Å². The van der Waals surface area contributed by atoms with Gasteiger partial charge in [0.2, 0.25) is 11.8 Å². The van der Waals surface area contributed by atoms with Gasteiger partial charge < -0.3 is 24.4 Å². The number of hydrogen-bond donors (Lipinski definition) is 1. The Kier molecular flexibility index (Phi) is 9.38. The highest BCUT2D eigenvalue weighted by molar-refractivity contribution is 7.92. The Morgan fingerprint density at radius 1 is 0.927 bits per heavy atom. The Labute approximate surface area is 240 Å². The summed E-state index contributed by atoms with van der Waals surface area (Å²) < 4.78 is 45.4. The largest absolute Gasteiger partial charge is 0.497 e. The molecule has 0 radical (unpaired) electrons. The van der Waals surface area contributed by atoms with Crippen LogP contribution in [0.3, 0.4) is 0 Å². The van der Waals surface area contributed by atoms with Crippen molar-refractivity contribution < 1.29 is 32.2 Å². The van der Waals surface area contributed by atoms with E-state index < -0.39 is 28.5 Å². The molecule has 0 unspecified atom stereocenters. The van der Waals surface area contributed by atoms with E-state index in [0.29, 0.717) is 30.5 Å². The third kappa shape index (κ3) is 7.10. The summed E-state index contributed by atoms with van der Waals surface area (Å²) in [6.45, 7) is 5.51. The lowest BCUT2D eigenvalue weighted by Crippen LogP contribution is -2.52. The van der Waals surface area contributed by atoms with E-state index in [4.69, 9.17) is 14.2 Å². The van der Waals surface area contributed by atoms with Crippen LogP contribution in [-0.4, -0.2) is 64.1 Å². The number of ether oxygens (including phenoxy) is 3. The number of benzene rings is 3. The molecule has 1 N–H and O–H groups in total. The lowest BCUT2D eigenvalue weighted by atomic mass is 10.1. The van der Waals surface area contributed by atoms with Gasteiger partial charge in [-0.25, -0.2) is 8.42 Å². The molecule has 1 aliphatic rings. The van der Waals surface area contributed by atoms with Crippen molar-refractivity contribution >= 4 is 27.5 Å². The molecular weight excluding hydrogens is 546 g/mol. The summed E-state index contributed by atoms with van der Waals surface area (Å²) in [5.74, 6) is 0.619. The molecule has 1 atom stereocenters. The highest BCUT2D eigenvalue weighted by Crippen LogP contribution is 2.36. The maximum Gasteiger partial charge on any atom is 0.264 e. The van der Waals surface area contributed by atoms with E-state index in [-0.39, 0.29) is 29.1 Å². The van der Waals surface area contributed by atoms with Crippen LogP contribution in [0.5, 0.6) is 17.2 Å². The Balaban J connectivity index is 1.72. The Morgan fingerprint density at radius 2 is 1.59 bits per heavy atom. The molecule has 0 saturated carbocycles. The number of rotatable bonds is 11. The molecule has 218 valence electrons. The van der Waals surface area contributed by atoms with Gasteiger partial charge in [0.25, 0.3) is 10.0 Å². The third-order valence-corrected chi connectivity index (χ3v) is 8.32. The first kappa shape index (κ1) is 29.7. The number of anilines is 1. The number of sulfonamides is 1. The number of methoxy groups -OCH3 is 1. The van der Waals surface area contributed by atoms with Crippen LogP contribution in [-0.2, 0) is 26.2 Å². The van der Waals surface area contributed by atoms with Gasteiger partial charge in [-0.2, -0.15) is 0 Å². The van der Waals surface area contributed by atoms with Gasteiger partial charge >= 0.3 is 0 Å². The van der Waals surface area contributed by atoms with E-state index in [2.05, 4.69) is 5.32 Å². The van der Waals surface area contributed by atoms with Crippen LogP contribution in [0.15, 0.2) is 77.7 Å². The van der Waals surface area contributed by atoms with Gasteiger partial charge in [0, 0.05) is 18.7 Å². The van der Waals surface area contributed by atoms with E-state index in [1.807, 2.05) is 13.8 Å². The molecule has 0 spiro atoms. The highest BCUT2D eigenvalue weighted by Gasteiger charge is 2.33. The molecule has 0 saturated heterocycles. The van der Waals surface area contributed by atoms with Crippen molar-refractivity contribution in [3.63, 3.8) is 0 Å². The van der Waals surface area contributed by atoms with Crippen molar-refractivity contribution in [1.29, 1.82) is 0 Å². The molecule has 41 heavy (non-hydrogen) atoms. The van der Waals surface area contributed by atoms with Crippen LogP contribution in [0.1, 0.15) is 26.3 Å². The molecule has 3 aromatic rings. The summed E-state index contributed by atoms with van der Waals surface area (Å²) in [7, 11) is -2.63. The van der Waals surface area contributed by atoms with Gasteiger partial charge in [-0.05, 0) is 62.7 Å². The van der Waals surface area contributed by atoms with Crippen molar-refractivity contribution in [3.8, 4) is 17.2 Å². The van der Waals surface area contributed by atoms with Gasteiger partial charge in [-0.3, -0.25) is 13.9 Å². The summed E-state index contributed by atoms with van der Waals surface area (Å²) in [6.07, 6.45) is 0. The predicted octanol–water partition coefficient (Wildman–Crippen LogP) is 3.60. The molecule has 0 fully saturated rings. The number of carbonyl (C=O) groups excluding carboxylic acids is 2. The zero-order valence-electron chi connectivity index (χ0n) is 23.6. The van der Waals surface area contributed by atoms with Crippen molar-refractivity contribution in [2.75, 3.05) is 31.2 Å². The molecule has 0 bridgehead atoms. The van der Waals surface area contributed by atoms with Gasteiger partial charge in [-0.1, -0.05) is 30.3 Å². The van der Waals surface area contributed by atoms with Crippen molar-refractivity contribution in [3.05, 3.63) is 78.4 Å². The SMILES string of the molecule is COc1ccc(CN(C(=O)CN(c2ccc3c(c2)OCCO3)S(=O)(=O)c2ccccc2)[C@H](C)C(=O)NC(C)C)cc1. The number of hydrogen-bond acceptors (Lipinski definition) is 7. The normalized spacial score (nSPS) is 13.3. The maximum absolute atomic E-state index is 14.0. The Morgan fingerprint density at radius 3 is 2.22 bits per heavy atom.